The molecular formula is C15H14FNO2. The van der Waals surface area contributed by atoms with Crippen molar-refractivity contribution in [1.29, 1.82) is 0 Å². The summed E-state index contributed by atoms with van der Waals surface area (Å²) in [6.07, 6.45) is 0. The zero-order valence-electron chi connectivity index (χ0n) is 10.5. The Morgan fingerprint density at radius 1 is 1.16 bits per heavy atom. The summed E-state index contributed by atoms with van der Waals surface area (Å²) in [6.45, 7) is 2.28. The molecule has 0 aliphatic carbocycles. The number of ether oxygens (including phenoxy) is 1. The molecule has 98 valence electrons. The van der Waals surface area contributed by atoms with Gasteiger partial charge in [0, 0.05) is 5.56 Å². The number of nitrogens with two attached hydrogens (primary N) is 1. The minimum Gasteiger partial charge on any atom is -0.493 e. The van der Waals surface area contributed by atoms with E-state index in [4.69, 9.17) is 10.5 Å². The van der Waals surface area contributed by atoms with Crippen molar-refractivity contribution in [1.82, 2.24) is 0 Å². The second kappa shape index (κ2) is 5.52. The Hall–Kier alpha value is -2.36. The fourth-order valence-electron chi connectivity index (χ4n) is 1.82. The van der Waals surface area contributed by atoms with Crippen LogP contribution in [-0.2, 0) is 0 Å². The van der Waals surface area contributed by atoms with Gasteiger partial charge in [-0.25, -0.2) is 4.39 Å². The van der Waals surface area contributed by atoms with Gasteiger partial charge in [-0.3, -0.25) is 4.79 Å². The van der Waals surface area contributed by atoms with Crippen molar-refractivity contribution < 1.29 is 13.9 Å². The van der Waals surface area contributed by atoms with Crippen LogP contribution in [0.5, 0.6) is 5.75 Å². The highest BCUT2D eigenvalue weighted by atomic mass is 19.1. The number of hydrogen-bond donors (Lipinski definition) is 1. The molecular weight excluding hydrogens is 245 g/mol. The molecule has 0 heterocycles. The van der Waals surface area contributed by atoms with Gasteiger partial charge in [-0.15, -0.1) is 0 Å². The molecule has 2 N–H and O–H groups in total. The molecule has 0 aliphatic heterocycles. The van der Waals surface area contributed by atoms with Gasteiger partial charge in [-0.1, -0.05) is 18.2 Å². The third kappa shape index (κ3) is 2.57. The fraction of sp³-hybridized carbons (Fsp3) is 0.133. The van der Waals surface area contributed by atoms with E-state index in [1.165, 1.54) is 18.2 Å². The third-order valence-corrected chi connectivity index (χ3v) is 2.73. The van der Waals surface area contributed by atoms with Crippen molar-refractivity contribution in [3.8, 4) is 5.75 Å². The molecule has 0 unspecified atom stereocenters. The number of anilines is 1. The van der Waals surface area contributed by atoms with Crippen LogP contribution in [0.1, 0.15) is 22.8 Å². The van der Waals surface area contributed by atoms with Gasteiger partial charge in [-0.2, -0.15) is 0 Å². The normalized spacial score (nSPS) is 10.2. The van der Waals surface area contributed by atoms with Crippen molar-refractivity contribution in [3.05, 3.63) is 59.4 Å². The topological polar surface area (TPSA) is 52.3 Å². The van der Waals surface area contributed by atoms with Crippen molar-refractivity contribution in [2.24, 2.45) is 0 Å². The monoisotopic (exact) mass is 259 g/mol. The Morgan fingerprint density at radius 2 is 1.84 bits per heavy atom. The first-order valence-corrected chi connectivity index (χ1v) is 5.95. The summed E-state index contributed by atoms with van der Waals surface area (Å²) in [5.41, 5.74) is 5.99. The van der Waals surface area contributed by atoms with Gasteiger partial charge in [0.15, 0.2) is 5.78 Å². The number of halogens is 1. The van der Waals surface area contributed by atoms with Crippen molar-refractivity contribution in [2.45, 2.75) is 6.92 Å². The molecule has 0 bridgehead atoms. The number of carbonyl (C=O) groups excluding carboxylic acids is 1. The highest BCUT2D eigenvalue weighted by Gasteiger charge is 2.18. The van der Waals surface area contributed by atoms with Crippen LogP contribution in [0.25, 0.3) is 0 Å². The first kappa shape index (κ1) is 13.1. The zero-order chi connectivity index (χ0) is 13.8. The maximum absolute atomic E-state index is 13.4. The van der Waals surface area contributed by atoms with E-state index in [-0.39, 0.29) is 17.0 Å². The molecule has 0 spiro atoms. The number of hydrogen-bond acceptors (Lipinski definition) is 3. The highest BCUT2D eigenvalue weighted by molar-refractivity contribution is 6.13. The molecule has 2 aromatic carbocycles. The Labute approximate surface area is 110 Å². The molecule has 0 fully saturated rings. The molecule has 3 nitrogen and oxygen atoms in total. The summed E-state index contributed by atoms with van der Waals surface area (Å²) in [7, 11) is 0. The second-order valence-electron chi connectivity index (χ2n) is 3.96. The van der Waals surface area contributed by atoms with Crippen LogP contribution in [0.2, 0.25) is 0 Å². The van der Waals surface area contributed by atoms with E-state index in [0.29, 0.717) is 17.9 Å². The maximum Gasteiger partial charge on any atom is 0.198 e. The van der Waals surface area contributed by atoms with Crippen molar-refractivity contribution in [3.63, 3.8) is 0 Å². The average molecular weight is 259 g/mol. The third-order valence-electron chi connectivity index (χ3n) is 2.73. The summed E-state index contributed by atoms with van der Waals surface area (Å²) >= 11 is 0. The van der Waals surface area contributed by atoms with Crippen LogP contribution in [0.4, 0.5) is 10.1 Å². The molecule has 0 amide bonds. The van der Waals surface area contributed by atoms with Crippen molar-refractivity contribution >= 4 is 11.5 Å². The van der Waals surface area contributed by atoms with Crippen LogP contribution in [0, 0.1) is 5.82 Å². The predicted octanol–water partition coefficient (Wildman–Crippen LogP) is 3.04. The summed E-state index contributed by atoms with van der Waals surface area (Å²) in [4.78, 5) is 12.4. The van der Waals surface area contributed by atoms with Gasteiger partial charge in [0.25, 0.3) is 0 Å². The first-order valence-electron chi connectivity index (χ1n) is 5.95. The van der Waals surface area contributed by atoms with E-state index in [1.807, 2.05) is 6.92 Å². The van der Waals surface area contributed by atoms with E-state index in [0.717, 1.165) is 0 Å². The Bertz CT molecular complexity index is 611. The maximum atomic E-state index is 13.4. The molecule has 0 aromatic heterocycles. The molecule has 0 atom stereocenters. The highest BCUT2D eigenvalue weighted by Crippen LogP contribution is 2.25. The van der Waals surface area contributed by atoms with E-state index in [2.05, 4.69) is 0 Å². The number of para-hydroxylation sites is 2. The number of nitrogen functional groups attached to an aromatic ring is 1. The van der Waals surface area contributed by atoms with E-state index in [1.54, 1.807) is 24.3 Å². The molecule has 2 rings (SSSR count). The van der Waals surface area contributed by atoms with Crippen LogP contribution < -0.4 is 10.5 Å². The lowest BCUT2D eigenvalue weighted by atomic mass is 10.0. The van der Waals surface area contributed by atoms with Gasteiger partial charge < -0.3 is 10.5 Å². The van der Waals surface area contributed by atoms with Crippen LogP contribution in [-0.4, -0.2) is 12.4 Å². The average Bonchev–Trinajstić information content (AvgIpc) is 2.42. The van der Waals surface area contributed by atoms with Gasteiger partial charge in [-0.05, 0) is 31.2 Å². The van der Waals surface area contributed by atoms with Gasteiger partial charge in [0.05, 0.1) is 17.9 Å². The molecule has 19 heavy (non-hydrogen) atoms. The fourth-order valence-corrected chi connectivity index (χ4v) is 1.82. The standard InChI is InChI=1S/C15H14FNO2/c1-2-19-13-9-4-3-6-10(13)15(18)11-7-5-8-12(16)14(11)17/h3-9H,2,17H2,1H3. The van der Waals surface area contributed by atoms with Gasteiger partial charge in [0.1, 0.15) is 11.6 Å². The second-order valence-corrected chi connectivity index (χ2v) is 3.96. The summed E-state index contributed by atoms with van der Waals surface area (Å²) in [5, 5.41) is 0. The van der Waals surface area contributed by atoms with Crippen molar-refractivity contribution in [2.75, 3.05) is 12.3 Å². The Morgan fingerprint density at radius 3 is 2.58 bits per heavy atom. The summed E-state index contributed by atoms with van der Waals surface area (Å²) < 4.78 is 18.8. The number of benzene rings is 2. The minimum atomic E-state index is -0.597. The lowest BCUT2D eigenvalue weighted by Crippen LogP contribution is -2.09. The minimum absolute atomic E-state index is 0.140. The smallest absolute Gasteiger partial charge is 0.198 e. The lowest BCUT2D eigenvalue weighted by Gasteiger charge is -2.10. The van der Waals surface area contributed by atoms with E-state index < -0.39 is 5.82 Å². The van der Waals surface area contributed by atoms with Gasteiger partial charge >= 0.3 is 0 Å². The number of carbonyl (C=O) groups is 1. The predicted molar refractivity (Wildman–Crippen MR) is 71.9 cm³/mol. The van der Waals surface area contributed by atoms with Crippen LogP contribution in [0.15, 0.2) is 42.5 Å². The largest absolute Gasteiger partial charge is 0.493 e. The zero-order valence-corrected chi connectivity index (χ0v) is 10.5. The van der Waals surface area contributed by atoms with E-state index >= 15 is 0 Å². The lowest BCUT2D eigenvalue weighted by molar-refractivity contribution is 0.103. The molecule has 0 saturated heterocycles. The van der Waals surface area contributed by atoms with Crippen LogP contribution in [0.3, 0.4) is 0 Å². The molecule has 4 heteroatoms. The molecule has 0 radical (unpaired) electrons. The summed E-state index contributed by atoms with van der Waals surface area (Å²) in [5.74, 6) is -0.473. The number of rotatable bonds is 4. The SMILES string of the molecule is CCOc1ccccc1C(=O)c1cccc(F)c1N. The molecule has 0 saturated carbocycles. The first-order chi connectivity index (χ1) is 9.15. The number of ketones is 1. The van der Waals surface area contributed by atoms with E-state index in [9.17, 15) is 9.18 Å². The Kier molecular flexibility index (Phi) is 3.80. The quantitative estimate of drug-likeness (QED) is 0.678. The summed E-state index contributed by atoms with van der Waals surface area (Å²) in [6, 6.07) is 11.0. The van der Waals surface area contributed by atoms with Gasteiger partial charge in [0.2, 0.25) is 0 Å². The molecule has 2 aromatic rings. The van der Waals surface area contributed by atoms with Crippen LogP contribution >= 0.6 is 0 Å². The Balaban J connectivity index is 2.47. The molecule has 0 aliphatic rings.